The Balaban J connectivity index is 1.81. The van der Waals surface area contributed by atoms with Crippen molar-refractivity contribution in [2.24, 2.45) is 0 Å². The number of anilines is 1. The summed E-state index contributed by atoms with van der Waals surface area (Å²) in [5.41, 5.74) is 1.84. The number of rotatable bonds is 5. The summed E-state index contributed by atoms with van der Waals surface area (Å²) in [6.45, 7) is 2.74. The minimum absolute atomic E-state index is 0.0345. The monoisotopic (exact) mass is 294 g/mol. The second kappa shape index (κ2) is 6.59. The van der Waals surface area contributed by atoms with E-state index in [0.29, 0.717) is 11.6 Å². The Morgan fingerprint density at radius 1 is 1.32 bits per heavy atom. The molecule has 0 spiro atoms. The van der Waals surface area contributed by atoms with E-state index >= 15 is 0 Å². The van der Waals surface area contributed by atoms with Crippen molar-refractivity contribution in [2.75, 3.05) is 11.9 Å². The molecule has 0 radical (unpaired) electrons. The number of hydrogen-bond donors (Lipinski definition) is 2. The van der Waals surface area contributed by atoms with Crippen LogP contribution in [0.2, 0.25) is 5.02 Å². The molecule has 0 atom stereocenters. The summed E-state index contributed by atoms with van der Waals surface area (Å²) in [4.78, 5) is 12.9. The van der Waals surface area contributed by atoms with E-state index in [1.807, 2.05) is 42.6 Å². The second-order valence-electron chi connectivity index (χ2n) is 4.12. The molecule has 100 valence electrons. The lowest BCUT2D eigenvalue weighted by Crippen LogP contribution is -2.29. The molecule has 0 aliphatic carbocycles. The summed E-state index contributed by atoms with van der Waals surface area (Å²) in [6, 6.07) is 9.58. The predicted molar refractivity (Wildman–Crippen MR) is 80.8 cm³/mol. The van der Waals surface area contributed by atoms with E-state index in [9.17, 15) is 4.79 Å². The predicted octanol–water partition coefficient (Wildman–Crippen LogP) is 3.44. The minimum atomic E-state index is -0.0345. The van der Waals surface area contributed by atoms with Gasteiger partial charge in [0, 0.05) is 15.6 Å². The van der Waals surface area contributed by atoms with Gasteiger partial charge in [0.2, 0.25) is 5.91 Å². The van der Waals surface area contributed by atoms with Crippen LogP contribution in [0.15, 0.2) is 35.7 Å². The van der Waals surface area contributed by atoms with Gasteiger partial charge in [0.25, 0.3) is 0 Å². The minimum Gasteiger partial charge on any atom is -0.376 e. The van der Waals surface area contributed by atoms with Crippen LogP contribution in [0.25, 0.3) is 0 Å². The normalized spacial score (nSPS) is 10.2. The molecule has 0 fully saturated rings. The molecular weight excluding hydrogens is 280 g/mol. The fourth-order valence-electron chi connectivity index (χ4n) is 1.64. The van der Waals surface area contributed by atoms with Gasteiger partial charge < -0.3 is 10.6 Å². The van der Waals surface area contributed by atoms with Crippen LogP contribution >= 0.6 is 22.9 Å². The molecule has 0 unspecified atom stereocenters. The molecule has 19 heavy (non-hydrogen) atoms. The zero-order chi connectivity index (χ0) is 13.7. The van der Waals surface area contributed by atoms with Gasteiger partial charge in [-0.1, -0.05) is 23.7 Å². The highest BCUT2D eigenvalue weighted by atomic mass is 35.5. The Labute approximate surface area is 121 Å². The van der Waals surface area contributed by atoms with Crippen LogP contribution in [0.4, 0.5) is 5.69 Å². The van der Waals surface area contributed by atoms with E-state index < -0.39 is 0 Å². The molecule has 2 rings (SSSR count). The van der Waals surface area contributed by atoms with Gasteiger partial charge in [-0.2, -0.15) is 0 Å². The zero-order valence-electron chi connectivity index (χ0n) is 10.6. The number of hydrogen-bond acceptors (Lipinski definition) is 3. The van der Waals surface area contributed by atoms with E-state index in [2.05, 4.69) is 10.6 Å². The van der Waals surface area contributed by atoms with Gasteiger partial charge in [0.15, 0.2) is 0 Å². The average molecular weight is 295 g/mol. The standard InChI is InChI=1S/C14H15ClN2OS/c1-10-12(15)5-2-6-13(10)16-9-14(18)17-8-11-4-3-7-19-11/h2-7,16H,8-9H2,1H3,(H,17,18). The summed E-state index contributed by atoms with van der Waals surface area (Å²) in [5, 5.41) is 8.65. The maximum Gasteiger partial charge on any atom is 0.239 e. The molecule has 1 amide bonds. The van der Waals surface area contributed by atoms with Crippen LogP contribution in [0.1, 0.15) is 10.4 Å². The average Bonchev–Trinajstić information content (AvgIpc) is 2.91. The van der Waals surface area contributed by atoms with Crippen molar-refractivity contribution in [2.45, 2.75) is 13.5 Å². The van der Waals surface area contributed by atoms with Crippen molar-refractivity contribution in [3.8, 4) is 0 Å². The summed E-state index contributed by atoms with van der Waals surface area (Å²) < 4.78 is 0. The topological polar surface area (TPSA) is 41.1 Å². The van der Waals surface area contributed by atoms with Gasteiger partial charge in [0.05, 0.1) is 13.1 Å². The highest BCUT2D eigenvalue weighted by Crippen LogP contribution is 2.22. The Kier molecular flexibility index (Phi) is 4.82. The third kappa shape index (κ3) is 3.98. The van der Waals surface area contributed by atoms with Gasteiger partial charge in [-0.05, 0) is 36.1 Å². The van der Waals surface area contributed by atoms with Gasteiger partial charge in [-0.25, -0.2) is 0 Å². The number of benzene rings is 1. The third-order valence-electron chi connectivity index (χ3n) is 2.75. The molecule has 2 aromatic rings. The molecule has 1 aromatic carbocycles. The van der Waals surface area contributed by atoms with Crippen LogP contribution in [-0.2, 0) is 11.3 Å². The van der Waals surface area contributed by atoms with Gasteiger partial charge >= 0.3 is 0 Å². The van der Waals surface area contributed by atoms with Gasteiger partial charge in [0.1, 0.15) is 0 Å². The molecule has 3 nitrogen and oxygen atoms in total. The first kappa shape index (κ1) is 13.9. The number of carbonyl (C=O) groups is 1. The van der Waals surface area contributed by atoms with Crippen molar-refractivity contribution in [1.82, 2.24) is 5.32 Å². The molecule has 1 heterocycles. The number of halogens is 1. The summed E-state index contributed by atoms with van der Waals surface area (Å²) in [7, 11) is 0. The van der Waals surface area contributed by atoms with Crippen molar-refractivity contribution < 1.29 is 4.79 Å². The first-order chi connectivity index (χ1) is 9.16. The maximum absolute atomic E-state index is 11.7. The van der Waals surface area contributed by atoms with E-state index in [4.69, 9.17) is 11.6 Å². The lowest BCUT2D eigenvalue weighted by Gasteiger charge is -2.10. The second-order valence-corrected chi connectivity index (χ2v) is 5.56. The van der Waals surface area contributed by atoms with Crippen LogP contribution < -0.4 is 10.6 Å². The van der Waals surface area contributed by atoms with Crippen LogP contribution in [-0.4, -0.2) is 12.5 Å². The van der Waals surface area contributed by atoms with Crippen molar-refractivity contribution in [3.05, 3.63) is 51.2 Å². The van der Waals surface area contributed by atoms with Crippen molar-refractivity contribution in [3.63, 3.8) is 0 Å². The summed E-state index contributed by atoms with van der Waals surface area (Å²) in [5.74, 6) is -0.0345. The first-order valence-electron chi connectivity index (χ1n) is 5.95. The van der Waals surface area contributed by atoms with Gasteiger partial charge in [-0.15, -0.1) is 11.3 Å². The lowest BCUT2D eigenvalue weighted by molar-refractivity contribution is -0.119. The Hall–Kier alpha value is -1.52. The molecule has 1 aromatic heterocycles. The SMILES string of the molecule is Cc1c(Cl)cccc1NCC(=O)NCc1cccs1. The largest absolute Gasteiger partial charge is 0.376 e. The van der Waals surface area contributed by atoms with Crippen LogP contribution in [0, 0.1) is 6.92 Å². The summed E-state index contributed by atoms with van der Waals surface area (Å²) in [6.07, 6.45) is 0. The summed E-state index contributed by atoms with van der Waals surface area (Å²) >= 11 is 7.65. The quantitative estimate of drug-likeness (QED) is 0.887. The zero-order valence-corrected chi connectivity index (χ0v) is 12.1. The molecule has 0 bridgehead atoms. The molecule has 0 aliphatic rings. The first-order valence-corrected chi connectivity index (χ1v) is 7.20. The highest BCUT2D eigenvalue weighted by Gasteiger charge is 2.05. The number of thiophene rings is 1. The highest BCUT2D eigenvalue weighted by molar-refractivity contribution is 7.09. The fraction of sp³-hybridized carbons (Fsp3) is 0.214. The molecular formula is C14H15ClN2OS. The Bertz CT molecular complexity index is 555. The van der Waals surface area contributed by atoms with E-state index in [1.165, 1.54) is 0 Å². The number of carbonyl (C=O) groups excluding carboxylic acids is 1. The fourth-order valence-corrected chi connectivity index (χ4v) is 2.45. The molecule has 5 heteroatoms. The third-order valence-corrected chi connectivity index (χ3v) is 4.03. The molecule has 0 aliphatic heterocycles. The van der Waals surface area contributed by atoms with Gasteiger partial charge in [-0.3, -0.25) is 4.79 Å². The molecule has 0 saturated heterocycles. The number of amides is 1. The maximum atomic E-state index is 11.7. The lowest BCUT2D eigenvalue weighted by atomic mass is 10.2. The Morgan fingerprint density at radius 2 is 2.16 bits per heavy atom. The molecule has 0 saturated carbocycles. The van der Waals surface area contributed by atoms with E-state index in [-0.39, 0.29) is 12.5 Å². The van der Waals surface area contributed by atoms with E-state index in [1.54, 1.807) is 11.3 Å². The molecule has 2 N–H and O–H groups in total. The van der Waals surface area contributed by atoms with Crippen molar-refractivity contribution >= 4 is 34.5 Å². The van der Waals surface area contributed by atoms with Crippen LogP contribution in [0.3, 0.4) is 0 Å². The smallest absolute Gasteiger partial charge is 0.239 e. The van der Waals surface area contributed by atoms with E-state index in [0.717, 1.165) is 16.1 Å². The van der Waals surface area contributed by atoms with Crippen molar-refractivity contribution in [1.29, 1.82) is 0 Å². The number of nitrogens with one attached hydrogen (secondary N) is 2. The van der Waals surface area contributed by atoms with Crippen LogP contribution in [0.5, 0.6) is 0 Å². The Morgan fingerprint density at radius 3 is 2.89 bits per heavy atom.